The highest BCUT2D eigenvalue weighted by Gasteiger charge is 2.08. The summed E-state index contributed by atoms with van der Waals surface area (Å²) in [5, 5.41) is 6.85. The lowest BCUT2D eigenvalue weighted by molar-refractivity contribution is 0.0951. The quantitative estimate of drug-likeness (QED) is 0.697. The van der Waals surface area contributed by atoms with E-state index >= 15 is 0 Å². The van der Waals surface area contributed by atoms with Gasteiger partial charge in [-0.15, -0.1) is 0 Å². The van der Waals surface area contributed by atoms with Crippen LogP contribution in [0.5, 0.6) is 0 Å². The number of hydrogen-bond acceptors (Lipinski definition) is 2. The van der Waals surface area contributed by atoms with Crippen molar-refractivity contribution in [2.45, 2.75) is 25.2 Å². The third-order valence-corrected chi connectivity index (χ3v) is 4.00. The Morgan fingerprint density at radius 3 is 2.52 bits per heavy atom. The molecule has 0 fully saturated rings. The second-order valence-corrected chi connectivity index (χ2v) is 5.85. The number of rotatable bonds is 7. The molecule has 122 valence electrons. The number of hydrogen-bond donors (Lipinski definition) is 2. The molecular formula is C18H20BrFN2O. The molecule has 2 aromatic rings. The molecule has 2 aromatic carbocycles. The van der Waals surface area contributed by atoms with Crippen LogP contribution in [0, 0.1) is 5.82 Å². The van der Waals surface area contributed by atoms with Crippen molar-refractivity contribution in [3.63, 3.8) is 0 Å². The molecule has 0 heterocycles. The van der Waals surface area contributed by atoms with E-state index in [1.807, 2.05) is 18.2 Å². The fraction of sp³-hybridized carbons (Fsp3) is 0.278. The monoisotopic (exact) mass is 378 g/mol. The average molecular weight is 379 g/mol. The van der Waals surface area contributed by atoms with Crippen molar-refractivity contribution in [2.75, 3.05) is 11.9 Å². The summed E-state index contributed by atoms with van der Waals surface area (Å²) in [7, 11) is 0. The lowest BCUT2D eigenvalue weighted by Gasteiger charge is -2.11. The van der Waals surface area contributed by atoms with Crippen LogP contribution in [0.2, 0.25) is 0 Å². The molecule has 0 unspecified atom stereocenters. The van der Waals surface area contributed by atoms with E-state index in [1.54, 1.807) is 12.1 Å². The lowest BCUT2D eigenvalue weighted by atomic mass is 10.1. The van der Waals surface area contributed by atoms with E-state index in [4.69, 9.17) is 0 Å². The van der Waals surface area contributed by atoms with Crippen LogP contribution < -0.4 is 10.6 Å². The SMILES string of the molecule is CCCNc1cc(CBr)cc(C(=O)NCc2ccc(F)cc2)c1. The Balaban J connectivity index is 2.06. The zero-order valence-corrected chi connectivity index (χ0v) is 14.6. The minimum atomic E-state index is -0.281. The van der Waals surface area contributed by atoms with Crippen LogP contribution in [0.1, 0.15) is 34.8 Å². The summed E-state index contributed by atoms with van der Waals surface area (Å²) in [4.78, 5) is 12.4. The molecule has 0 spiro atoms. The standard InChI is InChI=1S/C18H20BrFN2O/c1-2-7-21-17-9-14(11-19)8-15(10-17)18(23)22-12-13-3-5-16(20)6-4-13/h3-6,8-10,21H,2,7,11-12H2,1H3,(H,22,23). The highest BCUT2D eigenvalue weighted by Crippen LogP contribution is 2.17. The van der Waals surface area contributed by atoms with Gasteiger partial charge < -0.3 is 10.6 Å². The summed E-state index contributed by atoms with van der Waals surface area (Å²) in [5.74, 6) is -0.423. The Hall–Kier alpha value is -1.88. The number of carbonyl (C=O) groups excluding carboxylic acids is 1. The van der Waals surface area contributed by atoms with Crippen LogP contribution in [0.25, 0.3) is 0 Å². The molecule has 0 aliphatic rings. The van der Waals surface area contributed by atoms with Crippen molar-refractivity contribution in [3.8, 4) is 0 Å². The average Bonchev–Trinajstić information content (AvgIpc) is 2.58. The fourth-order valence-electron chi connectivity index (χ4n) is 2.16. The van der Waals surface area contributed by atoms with Gasteiger partial charge in [-0.05, 0) is 47.9 Å². The van der Waals surface area contributed by atoms with Gasteiger partial charge in [-0.25, -0.2) is 4.39 Å². The third-order valence-electron chi connectivity index (χ3n) is 3.35. The van der Waals surface area contributed by atoms with Crippen LogP contribution in [0.4, 0.5) is 10.1 Å². The number of amides is 1. The summed E-state index contributed by atoms with van der Waals surface area (Å²) in [5.41, 5.74) is 3.46. The number of alkyl halides is 1. The number of benzene rings is 2. The van der Waals surface area contributed by atoms with Crippen molar-refractivity contribution in [2.24, 2.45) is 0 Å². The van der Waals surface area contributed by atoms with Crippen molar-refractivity contribution >= 4 is 27.5 Å². The van der Waals surface area contributed by atoms with Crippen LogP contribution in [-0.2, 0) is 11.9 Å². The van der Waals surface area contributed by atoms with E-state index in [2.05, 4.69) is 33.5 Å². The topological polar surface area (TPSA) is 41.1 Å². The second kappa shape index (κ2) is 8.67. The highest BCUT2D eigenvalue weighted by molar-refractivity contribution is 9.08. The van der Waals surface area contributed by atoms with Crippen LogP contribution >= 0.6 is 15.9 Å². The molecule has 5 heteroatoms. The minimum absolute atomic E-state index is 0.142. The van der Waals surface area contributed by atoms with Crippen molar-refractivity contribution < 1.29 is 9.18 Å². The van der Waals surface area contributed by atoms with Crippen molar-refractivity contribution in [1.82, 2.24) is 5.32 Å². The van der Waals surface area contributed by atoms with E-state index in [-0.39, 0.29) is 11.7 Å². The Morgan fingerprint density at radius 2 is 1.87 bits per heavy atom. The summed E-state index contributed by atoms with van der Waals surface area (Å²) in [6.07, 6.45) is 1.02. The van der Waals surface area contributed by atoms with E-state index in [0.29, 0.717) is 17.4 Å². The Bertz CT molecular complexity index is 659. The Morgan fingerprint density at radius 1 is 1.13 bits per heavy atom. The van der Waals surface area contributed by atoms with Gasteiger partial charge in [0.15, 0.2) is 0 Å². The van der Waals surface area contributed by atoms with E-state index in [9.17, 15) is 9.18 Å². The predicted octanol–water partition coefficient (Wildman–Crippen LogP) is 4.47. The molecule has 0 radical (unpaired) electrons. The van der Waals surface area contributed by atoms with E-state index in [1.165, 1.54) is 12.1 Å². The molecular weight excluding hydrogens is 359 g/mol. The van der Waals surface area contributed by atoms with Crippen molar-refractivity contribution in [1.29, 1.82) is 0 Å². The Kier molecular flexibility index (Phi) is 6.59. The van der Waals surface area contributed by atoms with E-state index in [0.717, 1.165) is 29.8 Å². The fourth-order valence-corrected chi connectivity index (χ4v) is 2.48. The molecule has 0 atom stereocenters. The summed E-state index contributed by atoms with van der Waals surface area (Å²) in [6, 6.07) is 11.9. The number of anilines is 1. The first-order valence-electron chi connectivity index (χ1n) is 7.59. The molecule has 23 heavy (non-hydrogen) atoms. The molecule has 0 aliphatic heterocycles. The summed E-state index contributed by atoms with van der Waals surface area (Å²) >= 11 is 3.43. The molecule has 2 N–H and O–H groups in total. The molecule has 0 aliphatic carbocycles. The van der Waals surface area contributed by atoms with Gasteiger partial charge in [0.1, 0.15) is 5.82 Å². The lowest BCUT2D eigenvalue weighted by Crippen LogP contribution is -2.23. The molecule has 3 nitrogen and oxygen atoms in total. The van der Waals surface area contributed by atoms with Gasteiger partial charge in [0.25, 0.3) is 5.91 Å². The Labute approximate surface area is 144 Å². The van der Waals surface area contributed by atoms with Crippen LogP contribution in [0.3, 0.4) is 0 Å². The maximum absolute atomic E-state index is 12.9. The molecule has 0 aromatic heterocycles. The van der Waals surface area contributed by atoms with E-state index < -0.39 is 0 Å². The smallest absolute Gasteiger partial charge is 0.251 e. The number of halogens is 2. The van der Waals surface area contributed by atoms with Gasteiger partial charge in [0.05, 0.1) is 0 Å². The first kappa shape index (κ1) is 17.5. The van der Waals surface area contributed by atoms with Gasteiger partial charge in [-0.1, -0.05) is 35.0 Å². The molecule has 0 saturated carbocycles. The van der Waals surface area contributed by atoms with Gasteiger partial charge in [-0.2, -0.15) is 0 Å². The van der Waals surface area contributed by atoms with Gasteiger partial charge >= 0.3 is 0 Å². The van der Waals surface area contributed by atoms with Gasteiger partial charge in [0.2, 0.25) is 0 Å². The predicted molar refractivity (Wildman–Crippen MR) is 95.4 cm³/mol. The second-order valence-electron chi connectivity index (χ2n) is 5.29. The van der Waals surface area contributed by atoms with Crippen LogP contribution in [-0.4, -0.2) is 12.5 Å². The highest BCUT2D eigenvalue weighted by atomic mass is 79.9. The first-order valence-corrected chi connectivity index (χ1v) is 8.71. The maximum Gasteiger partial charge on any atom is 0.251 e. The number of nitrogens with one attached hydrogen (secondary N) is 2. The zero-order valence-electron chi connectivity index (χ0n) is 13.0. The molecule has 0 bridgehead atoms. The minimum Gasteiger partial charge on any atom is -0.385 e. The summed E-state index contributed by atoms with van der Waals surface area (Å²) in [6.45, 7) is 3.33. The molecule has 0 saturated heterocycles. The largest absolute Gasteiger partial charge is 0.385 e. The zero-order chi connectivity index (χ0) is 16.7. The van der Waals surface area contributed by atoms with Gasteiger partial charge in [-0.3, -0.25) is 4.79 Å². The van der Waals surface area contributed by atoms with Gasteiger partial charge in [0, 0.05) is 29.7 Å². The normalized spacial score (nSPS) is 10.4. The summed E-state index contributed by atoms with van der Waals surface area (Å²) < 4.78 is 12.9. The maximum atomic E-state index is 12.9. The molecule has 2 rings (SSSR count). The van der Waals surface area contributed by atoms with Crippen LogP contribution in [0.15, 0.2) is 42.5 Å². The van der Waals surface area contributed by atoms with Crippen molar-refractivity contribution in [3.05, 3.63) is 65.0 Å². The molecule has 1 amide bonds. The third kappa shape index (κ3) is 5.36. The number of carbonyl (C=O) groups is 1. The first-order chi connectivity index (χ1) is 11.1.